The third-order valence-corrected chi connectivity index (χ3v) is 3.01. The van der Waals surface area contributed by atoms with Crippen molar-refractivity contribution in [2.75, 3.05) is 5.32 Å². The number of carbonyl (C=O) groups is 1. The lowest BCUT2D eigenvalue weighted by atomic mass is 10.1. The number of anilines is 1. The van der Waals surface area contributed by atoms with Crippen molar-refractivity contribution in [1.82, 2.24) is 20.1 Å². The number of nitrogens with one attached hydrogen (secondary N) is 2. The van der Waals surface area contributed by atoms with Crippen LogP contribution in [0.4, 0.5) is 23.8 Å². The Balaban J connectivity index is 2.11. The maximum Gasteiger partial charge on any atom is 0.412 e. The lowest BCUT2D eigenvalue weighted by Crippen LogP contribution is -2.40. The number of alkyl halides is 3. The zero-order chi connectivity index (χ0) is 16.9. The Morgan fingerprint density at radius 1 is 1.35 bits per heavy atom. The van der Waals surface area contributed by atoms with Crippen LogP contribution in [0.15, 0.2) is 36.8 Å². The van der Waals surface area contributed by atoms with E-state index >= 15 is 0 Å². The van der Waals surface area contributed by atoms with Crippen LogP contribution in [-0.4, -0.2) is 27.0 Å². The molecule has 0 saturated carbocycles. The molecule has 0 fully saturated rings. The van der Waals surface area contributed by atoms with Gasteiger partial charge in [-0.2, -0.15) is 18.3 Å². The quantitative estimate of drug-likeness (QED) is 0.886. The van der Waals surface area contributed by atoms with Crippen molar-refractivity contribution in [1.29, 1.82) is 0 Å². The molecule has 0 aliphatic rings. The smallest absolute Gasteiger partial charge is 0.322 e. The summed E-state index contributed by atoms with van der Waals surface area (Å²) < 4.78 is 41.0. The largest absolute Gasteiger partial charge is 0.412 e. The van der Waals surface area contributed by atoms with Crippen molar-refractivity contribution < 1.29 is 18.0 Å². The van der Waals surface area contributed by atoms with E-state index in [-0.39, 0.29) is 5.56 Å². The van der Waals surface area contributed by atoms with Crippen molar-refractivity contribution in [2.45, 2.75) is 32.1 Å². The number of urea groups is 1. The number of pyridine rings is 1. The molecule has 0 bridgehead atoms. The predicted octanol–water partition coefficient (Wildman–Crippen LogP) is 3.11. The van der Waals surface area contributed by atoms with E-state index in [4.69, 9.17) is 0 Å². The van der Waals surface area contributed by atoms with Gasteiger partial charge in [0.2, 0.25) is 0 Å². The van der Waals surface area contributed by atoms with Crippen LogP contribution < -0.4 is 10.6 Å². The molecule has 0 aliphatic carbocycles. The van der Waals surface area contributed by atoms with Gasteiger partial charge in [-0.25, -0.2) is 9.48 Å². The summed E-state index contributed by atoms with van der Waals surface area (Å²) in [5.74, 6) is 0.330. The van der Waals surface area contributed by atoms with Gasteiger partial charge in [0.1, 0.15) is 5.82 Å². The Morgan fingerprint density at radius 3 is 2.74 bits per heavy atom. The summed E-state index contributed by atoms with van der Waals surface area (Å²) in [6.45, 7) is 2.47. The molecule has 0 saturated heterocycles. The molecule has 2 amide bonds. The number of amides is 2. The van der Waals surface area contributed by atoms with Gasteiger partial charge in [-0.15, -0.1) is 0 Å². The number of halogens is 3. The topological polar surface area (TPSA) is 71.8 Å². The monoisotopic (exact) mass is 327 g/mol. The molecule has 1 atom stereocenters. The van der Waals surface area contributed by atoms with Crippen molar-refractivity contribution in [3.05, 3.63) is 42.4 Å². The van der Waals surface area contributed by atoms with E-state index in [9.17, 15) is 18.0 Å². The molecule has 2 aromatic rings. The number of nitrogens with zero attached hydrogens (tertiary/aromatic N) is 3. The second-order valence-corrected chi connectivity index (χ2v) is 4.80. The van der Waals surface area contributed by atoms with Gasteiger partial charge in [0, 0.05) is 30.6 Å². The van der Waals surface area contributed by atoms with E-state index in [1.165, 1.54) is 35.3 Å². The normalized spacial score (nSPS) is 12.7. The third kappa shape index (κ3) is 4.44. The minimum absolute atomic E-state index is 0.141. The molecule has 0 unspecified atom stereocenters. The lowest BCUT2D eigenvalue weighted by molar-refractivity contribution is -0.154. The molecule has 0 aromatic carbocycles. The van der Waals surface area contributed by atoms with Crippen LogP contribution in [-0.2, 0) is 6.54 Å². The Labute approximate surface area is 130 Å². The summed E-state index contributed by atoms with van der Waals surface area (Å²) in [5.41, 5.74) is -0.141. The molecule has 23 heavy (non-hydrogen) atoms. The van der Waals surface area contributed by atoms with Gasteiger partial charge < -0.3 is 5.32 Å². The second-order valence-electron chi connectivity index (χ2n) is 4.80. The number of hydrogen-bond acceptors (Lipinski definition) is 3. The van der Waals surface area contributed by atoms with Crippen LogP contribution in [0.25, 0.3) is 0 Å². The molecule has 124 valence electrons. The fraction of sp³-hybridized carbons (Fsp3) is 0.357. The molecule has 0 aliphatic heterocycles. The highest BCUT2D eigenvalue weighted by Gasteiger charge is 2.42. The van der Waals surface area contributed by atoms with Crippen LogP contribution in [0.1, 0.15) is 24.9 Å². The molecule has 0 spiro atoms. The zero-order valence-corrected chi connectivity index (χ0v) is 12.3. The summed E-state index contributed by atoms with van der Waals surface area (Å²) in [7, 11) is 0. The summed E-state index contributed by atoms with van der Waals surface area (Å²) in [6, 6.07) is 1.05. The lowest BCUT2D eigenvalue weighted by Gasteiger charge is -2.22. The minimum atomic E-state index is -4.63. The van der Waals surface area contributed by atoms with Crippen LogP contribution in [0, 0.1) is 0 Å². The molecule has 2 N–H and O–H groups in total. The van der Waals surface area contributed by atoms with E-state index in [1.54, 1.807) is 0 Å². The SMILES string of the molecule is CCCn1nccc1NC(=O)N[C@H](c1cccnc1)C(F)(F)F. The van der Waals surface area contributed by atoms with Crippen molar-refractivity contribution in [3.63, 3.8) is 0 Å². The highest BCUT2D eigenvalue weighted by molar-refractivity contribution is 5.88. The summed E-state index contributed by atoms with van der Waals surface area (Å²) in [4.78, 5) is 15.6. The molecule has 9 heteroatoms. The van der Waals surface area contributed by atoms with Gasteiger partial charge in [-0.3, -0.25) is 10.3 Å². The van der Waals surface area contributed by atoms with Crippen LogP contribution in [0.5, 0.6) is 0 Å². The van der Waals surface area contributed by atoms with E-state index in [2.05, 4.69) is 15.4 Å². The predicted molar refractivity (Wildman–Crippen MR) is 77.7 cm³/mol. The van der Waals surface area contributed by atoms with Crippen molar-refractivity contribution in [2.24, 2.45) is 0 Å². The second kappa shape index (κ2) is 7.12. The average molecular weight is 327 g/mol. The molecular formula is C14H16F3N5O. The maximum absolute atomic E-state index is 13.2. The van der Waals surface area contributed by atoms with E-state index in [0.29, 0.717) is 12.4 Å². The number of aromatic nitrogens is 3. The van der Waals surface area contributed by atoms with E-state index in [1.807, 2.05) is 12.2 Å². The molecule has 2 rings (SSSR count). The van der Waals surface area contributed by atoms with E-state index < -0.39 is 18.2 Å². The van der Waals surface area contributed by atoms with Gasteiger partial charge >= 0.3 is 12.2 Å². The molecule has 2 aromatic heterocycles. The standard InChI is InChI=1S/C14H16F3N5O/c1-2-8-22-11(5-7-19-22)20-13(23)21-12(14(15,16)17)10-4-3-6-18-9-10/h3-7,9,12H,2,8H2,1H3,(H2,20,21,23)/t12-/m1/s1. The summed E-state index contributed by atoms with van der Waals surface area (Å²) in [5, 5.41) is 8.29. The Morgan fingerprint density at radius 2 is 2.13 bits per heavy atom. The average Bonchev–Trinajstić information content (AvgIpc) is 2.92. The molecule has 6 nitrogen and oxygen atoms in total. The number of carbonyl (C=O) groups excluding carboxylic acids is 1. The fourth-order valence-corrected chi connectivity index (χ4v) is 2.01. The number of rotatable bonds is 5. The molecular weight excluding hydrogens is 311 g/mol. The summed E-state index contributed by atoms with van der Waals surface area (Å²) in [6.07, 6.45) is 0.0383. The zero-order valence-electron chi connectivity index (χ0n) is 12.3. The first-order chi connectivity index (χ1) is 10.9. The van der Waals surface area contributed by atoms with Gasteiger partial charge in [0.15, 0.2) is 6.04 Å². The Hall–Kier alpha value is -2.58. The van der Waals surface area contributed by atoms with Gasteiger partial charge in [0.05, 0.1) is 6.20 Å². The maximum atomic E-state index is 13.2. The van der Waals surface area contributed by atoms with Crippen LogP contribution >= 0.6 is 0 Å². The van der Waals surface area contributed by atoms with Crippen molar-refractivity contribution >= 4 is 11.8 Å². The first-order valence-corrected chi connectivity index (χ1v) is 6.97. The fourth-order valence-electron chi connectivity index (χ4n) is 2.01. The first kappa shape index (κ1) is 16.8. The van der Waals surface area contributed by atoms with Crippen LogP contribution in [0.2, 0.25) is 0 Å². The van der Waals surface area contributed by atoms with Gasteiger partial charge in [-0.05, 0) is 12.5 Å². The van der Waals surface area contributed by atoms with Crippen molar-refractivity contribution in [3.8, 4) is 0 Å². The molecule has 0 radical (unpaired) electrons. The highest BCUT2D eigenvalue weighted by atomic mass is 19.4. The van der Waals surface area contributed by atoms with Gasteiger partial charge in [-0.1, -0.05) is 13.0 Å². The molecule has 2 heterocycles. The summed E-state index contributed by atoms with van der Waals surface area (Å²) >= 11 is 0. The minimum Gasteiger partial charge on any atom is -0.322 e. The highest BCUT2D eigenvalue weighted by Crippen LogP contribution is 2.32. The number of hydrogen-bond donors (Lipinski definition) is 2. The number of aryl methyl sites for hydroxylation is 1. The van der Waals surface area contributed by atoms with Crippen LogP contribution in [0.3, 0.4) is 0 Å². The first-order valence-electron chi connectivity index (χ1n) is 6.97. The van der Waals surface area contributed by atoms with Gasteiger partial charge in [0.25, 0.3) is 0 Å². The Bertz CT molecular complexity index is 641. The van der Waals surface area contributed by atoms with E-state index in [0.717, 1.165) is 12.6 Å². The third-order valence-electron chi connectivity index (χ3n) is 3.01. The Kier molecular flexibility index (Phi) is 5.20.